The van der Waals surface area contributed by atoms with Crippen LogP contribution < -0.4 is 4.74 Å². The SMILES string of the molecule is COc1cc(C)c(C)cc1CN(C)C(=O)C(C)=O. The van der Waals surface area contributed by atoms with Gasteiger partial charge in [0.1, 0.15) is 5.75 Å². The summed E-state index contributed by atoms with van der Waals surface area (Å²) in [5, 5.41) is 0. The minimum atomic E-state index is -0.490. The zero-order valence-electron chi connectivity index (χ0n) is 11.5. The molecular weight excluding hydrogens is 230 g/mol. The van der Waals surface area contributed by atoms with Crippen LogP contribution in [-0.4, -0.2) is 30.7 Å². The van der Waals surface area contributed by atoms with Gasteiger partial charge in [0.05, 0.1) is 7.11 Å². The fourth-order valence-corrected chi connectivity index (χ4v) is 1.76. The van der Waals surface area contributed by atoms with Crippen LogP contribution in [0.15, 0.2) is 12.1 Å². The number of hydrogen-bond acceptors (Lipinski definition) is 3. The highest BCUT2D eigenvalue weighted by Gasteiger charge is 2.16. The average Bonchev–Trinajstić information content (AvgIpc) is 2.32. The van der Waals surface area contributed by atoms with E-state index in [1.807, 2.05) is 26.0 Å². The molecule has 1 aromatic rings. The summed E-state index contributed by atoms with van der Waals surface area (Å²) in [7, 11) is 3.21. The maximum Gasteiger partial charge on any atom is 0.289 e. The van der Waals surface area contributed by atoms with E-state index in [2.05, 4.69) is 0 Å². The van der Waals surface area contributed by atoms with Crippen LogP contribution in [0.1, 0.15) is 23.6 Å². The Morgan fingerprint density at radius 2 is 1.78 bits per heavy atom. The van der Waals surface area contributed by atoms with Crippen LogP contribution in [0.5, 0.6) is 5.75 Å². The highest BCUT2D eigenvalue weighted by Crippen LogP contribution is 2.24. The number of likely N-dealkylation sites (N-methyl/N-ethyl adjacent to an activating group) is 1. The third-order valence-electron chi connectivity index (χ3n) is 2.95. The zero-order chi connectivity index (χ0) is 13.9. The summed E-state index contributed by atoms with van der Waals surface area (Å²) in [5.74, 6) is -0.211. The molecule has 4 heteroatoms. The van der Waals surface area contributed by atoms with Gasteiger partial charge in [0.25, 0.3) is 5.91 Å². The van der Waals surface area contributed by atoms with Gasteiger partial charge in [0, 0.05) is 26.1 Å². The van der Waals surface area contributed by atoms with Crippen LogP contribution in [0.3, 0.4) is 0 Å². The summed E-state index contributed by atoms with van der Waals surface area (Å²) in [6, 6.07) is 3.93. The first-order chi connectivity index (χ1) is 8.36. The van der Waals surface area contributed by atoms with E-state index in [0.29, 0.717) is 6.54 Å². The van der Waals surface area contributed by atoms with E-state index >= 15 is 0 Å². The third-order valence-corrected chi connectivity index (χ3v) is 2.95. The number of nitrogens with zero attached hydrogens (tertiary/aromatic N) is 1. The Labute approximate surface area is 108 Å². The zero-order valence-corrected chi connectivity index (χ0v) is 11.5. The number of carbonyl (C=O) groups excluding carboxylic acids is 2. The molecule has 0 aromatic heterocycles. The topological polar surface area (TPSA) is 46.6 Å². The maximum atomic E-state index is 11.5. The Morgan fingerprint density at radius 1 is 1.22 bits per heavy atom. The molecule has 0 radical (unpaired) electrons. The van der Waals surface area contributed by atoms with Crippen LogP contribution in [-0.2, 0) is 16.1 Å². The molecule has 1 rings (SSSR count). The van der Waals surface area contributed by atoms with Crippen LogP contribution in [0.4, 0.5) is 0 Å². The Morgan fingerprint density at radius 3 is 2.28 bits per heavy atom. The van der Waals surface area contributed by atoms with Gasteiger partial charge in [0.2, 0.25) is 5.78 Å². The van der Waals surface area contributed by atoms with E-state index in [1.165, 1.54) is 11.8 Å². The van der Waals surface area contributed by atoms with Crippen LogP contribution in [0.2, 0.25) is 0 Å². The number of ketones is 1. The Kier molecular flexibility index (Phi) is 4.48. The molecule has 0 N–H and O–H groups in total. The molecule has 0 saturated heterocycles. The van der Waals surface area contributed by atoms with Crippen LogP contribution in [0.25, 0.3) is 0 Å². The van der Waals surface area contributed by atoms with Gasteiger partial charge in [-0.05, 0) is 31.0 Å². The van der Waals surface area contributed by atoms with Crippen molar-refractivity contribution in [3.63, 3.8) is 0 Å². The molecular formula is C14H19NO3. The second kappa shape index (κ2) is 5.67. The second-order valence-electron chi connectivity index (χ2n) is 4.47. The summed E-state index contributed by atoms with van der Waals surface area (Å²) in [5.41, 5.74) is 3.17. The normalized spacial score (nSPS) is 10.1. The van der Waals surface area contributed by atoms with Crippen LogP contribution >= 0.6 is 0 Å². The lowest BCUT2D eigenvalue weighted by Gasteiger charge is -2.18. The number of Topliss-reactive ketones (excluding diaryl/α,β-unsaturated/α-hetero) is 1. The molecule has 0 bridgehead atoms. The number of rotatable bonds is 4. The fourth-order valence-electron chi connectivity index (χ4n) is 1.76. The van der Waals surface area contributed by atoms with E-state index in [9.17, 15) is 9.59 Å². The van der Waals surface area contributed by atoms with Gasteiger partial charge in [-0.25, -0.2) is 0 Å². The molecule has 0 saturated carbocycles. The number of aryl methyl sites for hydroxylation is 2. The van der Waals surface area contributed by atoms with Crippen molar-refractivity contribution >= 4 is 11.7 Å². The van der Waals surface area contributed by atoms with E-state index in [4.69, 9.17) is 4.74 Å². The number of methoxy groups -OCH3 is 1. The third kappa shape index (κ3) is 3.09. The first-order valence-electron chi connectivity index (χ1n) is 5.77. The van der Waals surface area contributed by atoms with Gasteiger partial charge in [-0.3, -0.25) is 9.59 Å². The van der Waals surface area contributed by atoms with E-state index < -0.39 is 11.7 Å². The number of amides is 1. The molecule has 0 unspecified atom stereocenters. The molecule has 98 valence electrons. The molecule has 18 heavy (non-hydrogen) atoms. The highest BCUT2D eigenvalue weighted by molar-refractivity contribution is 6.34. The molecule has 1 amide bonds. The van der Waals surface area contributed by atoms with Crippen molar-refractivity contribution in [2.75, 3.05) is 14.2 Å². The van der Waals surface area contributed by atoms with Gasteiger partial charge in [0.15, 0.2) is 0 Å². The largest absolute Gasteiger partial charge is 0.496 e. The predicted molar refractivity (Wildman–Crippen MR) is 69.6 cm³/mol. The summed E-state index contributed by atoms with van der Waals surface area (Å²) in [4.78, 5) is 24.0. The fraction of sp³-hybridized carbons (Fsp3) is 0.429. The van der Waals surface area contributed by atoms with E-state index in [0.717, 1.165) is 22.4 Å². The van der Waals surface area contributed by atoms with Gasteiger partial charge in [-0.2, -0.15) is 0 Å². The molecule has 0 aliphatic heterocycles. The van der Waals surface area contributed by atoms with E-state index in [-0.39, 0.29) is 0 Å². The maximum absolute atomic E-state index is 11.5. The molecule has 1 aromatic carbocycles. The molecule has 0 fully saturated rings. The van der Waals surface area contributed by atoms with Gasteiger partial charge >= 0.3 is 0 Å². The lowest BCUT2D eigenvalue weighted by molar-refractivity contribution is -0.143. The van der Waals surface area contributed by atoms with Crippen molar-refractivity contribution in [2.45, 2.75) is 27.3 Å². The summed E-state index contributed by atoms with van der Waals surface area (Å²) < 4.78 is 5.30. The van der Waals surface area contributed by atoms with Crippen molar-refractivity contribution in [1.82, 2.24) is 4.90 Å². The molecule has 0 heterocycles. The first-order valence-corrected chi connectivity index (χ1v) is 5.77. The summed E-state index contributed by atoms with van der Waals surface area (Å²) in [6.07, 6.45) is 0. The summed E-state index contributed by atoms with van der Waals surface area (Å²) >= 11 is 0. The van der Waals surface area contributed by atoms with Gasteiger partial charge in [-0.15, -0.1) is 0 Å². The lowest BCUT2D eigenvalue weighted by Crippen LogP contribution is -2.31. The van der Waals surface area contributed by atoms with Crippen LogP contribution in [0, 0.1) is 13.8 Å². The Hall–Kier alpha value is -1.84. The van der Waals surface area contributed by atoms with Gasteiger partial charge < -0.3 is 9.64 Å². The Bertz CT molecular complexity index is 480. The average molecular weight is 249 g/mol. The predicted octanol–water partition coefficient (Wildman–Crippen LogP) is 1.86. The number of hydrogen-bond donors (Lipinski definition) is 0. The van der Waals surface area contributed by atoms with Crippen molar-refractivity contribution < 1.29 is 14.3 Å². The minimum absolute atomic E-state index is 0.364. The van der Waals surface area contributed by atoms with Crippen molar-refractivity contribution in [3.8, 4) is 5.75 Å². The second-order valence-corrected chi connectivity index (χ2v) is 4.47. The molecule has 4 nitrogen and oxygen atoms in total. The van der Waals surface area contributed by atoms with Crippen molar-refractivity contribution in [2.24, 2.45) is 0 Å². The monoisotopic (exact) mass is 249 g/mol. The minimum Gasteiger partial charge on any atom is -0.496 e. The smallest absolute Gasteiger partial charge is 0.289 e. The lowest BCUT2D eigenvalue weighted by atomic mass is 10.0. The number of carbonyl (C=O) groups is 2. The standard InChI is InChI=1S/C14H19NO3/c1-9-6-12(13(18-5)7-10(9)2)8-15(4)14(17)11(3)16/h6-7H,8H2,1-5H3. The number of benzene rings is 1. The first kappa shape index (κ1) is 14.2. The molecule has 0 aliphatic rings. The van der Waals surface area contributed by atoms with E-state index in [1.54, 1.807) is 14.2 Å². The highest BCUT2D eigenvalue weighted by atomic mass is 16.5. The summed E-state index contributed by atoms with van der Waals surface area (Å²) in [6.45, 7) is 5.65. The molecule has 0 spiro atoms. The number of ether oxygens (including phenoxy) is 1. The quantitative estimate of drug-likeness (QED) is 0.765. The molecule has 0 aliphatic carbocycles. The molecule has 0 atom stereocenters. The van der Waals surface area contributed by atoms with Gasteiger partial charge in [-0.1, -0.05) is 6.07 Å². The van der Waals surface area contributed by atoms with Crippen molar-refractivity contribution in [1.29, 1.82) is 0 Å². The Balaban J connectivity index is 3.00. The van der Waals surface area contributed by atoms with Crippen molar-refractivity contribution in [3.05, 3.63) is 28.8 Å².